The maximum absolute atomic E-state index is 13.4. The highest BCUT2D eigenvalue weighted by Crippen LogP contribution is 2.25. The summed E-state index contributed by atoms with van der Waals surface area (Å²) in [6, 6.07) is 4.69. The van der Waals surface area contributed by atoms with Crippen molar-refractivity contribution in [2.75, 3.05) is 20.2 Å². The van der Waals surface area contributed by atoms with Crippen LogP contribution in [-0.2, 0) is 19.5 Å². The average Bonchev–Trinajstić information content (AvgIpc) is 3.52. The lowest BCUT2D eigenvalue weighted by molar-refractivity contribution is 0.0930. The number of hydrogen-bond donors (Lipinski definition) is 1. The second-order valence-electron chi connectivity index (χ2n) is 8.46. The van der Waals surface area contributed by atoms with Crippen LogP contribution in [0, 0.1) is 6.92 Å². The van der Waals surface area contributed by atoms with Gasteiger partial charge in [-0.15, -0.1) is 11.3 Å². The first kappa shape index (κ1) is 22.4. The summed E-state index contributed by atoms with van der Waals surface area (Å²) < 4.78 is 14.7. The smallest absolute Gasteiger partial charge is 0.257 e. The van der Waals surface area contributed by atoms with Crippen LogP contribution in [-0.4, -0.2) is 45.0 Å². The number of hydrogen-bond acceptors (Lipinski definition) is 7. The quantitative estimate of drug-likeness (QED) is 0.455. The summed E-state index contributed by atoms with van der Waals surface area (Å²) in [7, 11) is 1.48. The van der Waals surface area contributed by atoms with E-state index in [4.69, 9.17) is 9.15 Å². The number of ether oxygens (including phenoxy) is 1. The minimum absolute atomic E-state index is 0.162. The third-order valence-corrected chi connectivity index (χ3v) is 7.14. The first-order chi connectivity index (χ1) is 16.5. The van der Waals surface area contributed by atoms with Gasteiger partial charge >= 0.3 is 0 Å². The third-order valence-electron chi connectivity index (χ3n) is 6.39. The summed E-state index contributed by atoms with van der Waals surface area (Å²) in [5.41, 5.74) is 3.10. The van der Waals surface area contributed by atoms with Crippen LogP contribution < -0.4 is 15.6 Å². The van der Waals surface area contributed by atoms with Crippen LogP contribution in [0.5, 0.6) is 5.75 Å². The molecule has 5 heterocycles. The molecule has 0 aliphatic carbocycles. The zero-order chi connectivity index (χ0) is 23.8. The van der Waals surface area contributed by atoms with Gasteiger partial charge in [0.25, 0.3) is 11.5 Å². The fraction of sp³-hybridized carbons (Fsp3) is 0.375. The van der Waals surface area contributed by atoms with Crippen LogP contribution in [0.3, 0.4) is 0 Å². The van der Waals surface area contributed by atoms with Crippen molar-refractivity contribution < 1.29 is 13.9 Å². The fourth-order valence-electron chi connectivity index (χ4n) is 4.58. The zero-order valence-corrected chi connectivity index (χ0v) is 20.2. The van der Waals surface area contributed by atoms with E-state index in [1.807, 2.05) is 31.5 Å². The van der Waals surface area contributed by atoms with Gasteiger partial charge in [-0.2, -0.15) is 0 Å². The number of thiazole rings is 1. The van der Waals surface area contributed by atoms with Gasteiger partial charge < -0.3 is 19.0 Å². The van der Waals surface area contributed by atoms with Gasteiger partial charge in [0.1, 0.15) is 17.1 Å². The second-order valence-corrected chi connectivity index (χ2v) is 9.33. The monoisotopic (exact) mass is 481 g/mol. The van der Waals surface area contributed by atoms with Crippen molar-refractivity contribution in [1.82, 2.24) is 24.2 Å². The lowest BCUT2D eigenvalue weighted by Gasteiger charge is -2.19. The normalized spacial score (nSPS) is 15.1. The summed E-state index contributed by atoms with van der Waals surface area (Å²) >= 11 is 1.62. The molecule has 4 aromatic heterocycles. The molecule has 0 aromatic carbocycles. The number of aryl methyl sites for hydroxylation is 1. The number of aromatic nitrogens is 3. The van der Waals surface area contributed by atoms with Crippen LogP contribution in [0.1, 0.15) is 46.2 Å². The molecular weight excluding hydrogens is 454 g/mol. The summed E-state index contributed by atoms with van der Waals surface area (Å²) in [4.78, 5) is 34.2. The molecule has 1 aliphatic heterocycles. The second kappa shape index (κ2) is 9.11. The number of imidazole rings is 1. The Morgan fingerprint density at radius 1 is 1.35 bits per heavy atom. The average molecular weight is 482 g/mol. The third kappa shape index (κ3) is 4.03. The molecule has 1 atom stereocenters. The molecule has 5 rings (SSSR count). The molecule has 178 valence electrons. The van der Waals surface area contributed by atoms with Crippen molar-refractivity contribution in [3.63, 3.8) is 0 Å². The van der Waals surface area contributed by atoms with E-state index in [1.165, 1.54) is 13.2 Å². The molecule has 34 heavy (non-hydrogen) atoms. The van der Waals surface area contributed by atoms with Crippen LogP contribution in [0.2, 0.25) is 0 Å². The van der Waals surface area contributed by atoms with E-state index < -0.39 is 0 Å². The Morgan fingerprint density at radius 2 is 2.21 bits per heavy atom. The van der Waals surface area contributed by atoms with E-state index in [0.29, 0.717) is 48.8 Å². The molecule has 0 saturated carbocycles. The van der Waals surface area contributed by atoms with Crippen molar-refractivity contribution >= 4 is 22.2 Å². The van der Waals surface area contributed by atoms with E-state index >= 15 is 0 Å². The Hall–Kier alpha value is -3.37. The van der Waals surface area contributed by atoms with Crippen LogP contribution >= 0.6 is 11.3 Å². The number of nitrogens with zero attached hydrogens (tertiary/aromatic N) is 4. The highest BCUT2D eigenvalue weighted by molar-refractivity contribution is 7.15. The Morgan fingerprint density at radius 3 is 2.97 bits per heavy atom. The molecule has 0 saturated heterocycles. The Bertz CT molecular complexity index is 1380. The van der Waals surface area contributed by atoms with E-state index in [9.17, 15) is 9.59 Å². The molecule has 10 heteroatoms. The highest BCUT2D eigenvalue weighted by Gasteiger charge is 2.27. The molecule has 1 amide bonds. The molecule has 4 aromatic rings. The standard InChI is InChI=1S/C24H27N5O4S/c1-15-18(29-10-12-34-24(29)26-15)14-27-7-6-17-22(20(32-3)13-21(30)28(17)9-8-27)23(31)25-16(2)19-5-4-11-33-19/h4-5,10-13,16H,6-9,14H2,1-3H3,(H,25,31)/t16-/m0/s1. The van der Waals surface area contributed by atoms with Crippen molar-refractivity contribution in [3.05, 3.63) is 74.8 Å². The molecular formula is C24H27N5O4S. The number of carbonyl (C=O) groups is 1. The van der Waals surface area contributed by atoms with Gasteiger partial charge in [-0.1, -0.05) is 0 Å². The van der Waals surface area contributed by atoms with E-state index in [1.54, 1.807) is 28.2 Å². The Labute approximate surface area is 200 Å². The van der Waals surface area contributed by atoms with E-state index in [2.05, 4.69) is 19.6 Å². The van der Waals surface area contributed by atoms with Crippen molar-refractivity contribution in [3.8, 4) is 5.75 Å². The van der Waals surface area contributed by atoms with Gasteiger partial charge in [0.05, 0.1) is 30.8 Å². The predicted molar refractivity (Wildman–Crippen MR) is 129 cm³/mol. The van der Waals surface area contributed by atoms with Crippen molar-refractivity contribution in [2.24, 2.45) is 0 Å². The summed E-state index contributed by atoms with van der Waals surface area (Å²) in [6.45, 7) is 6.51. The van der Waals surface area contributed by atoms with E-state index in [-0.39, 0.29) is 17.5 Å². The first-order valence-electron chi connectivity index (χ1n) is 11.2. The number of rotatable bonds is 6. The van der Waals surface area contributed by atoms with Crippen LogP contribution in [0.15, 0.2) is 45.3 Å². The van der Waals surface area contributed by atoms with E-state index in [0.717, 1.165) is 22.9 Å². The number of fused-ring (bicyclic) bond motifs is 2. The van der Waals surface area contributed by atoms with Gasteiger partial charge in [-0.25, -0.2) is 4.98 Å². The molecule has 0 fully saturated rings. The van der Waals surface area contributed by atoms with Gasteiger partial charge in [0.2, 0.25) is 0 Å². The molecule has 1 N–H and O–H groups in total. The van der Waals surface area contributed by atoms with Crippen molar-refractivity contribution in [1.29, 1.82) is 0 Å². The largest absolute Gasteiger partial charge is 0.496 e. The van der Waals surface area contributed by atoms with Gasteiger partial charge in [-0.05, 0) is 26.0 Å². The van der Waals surface area contributed by atoms with Crippen molar-refractivity contribution in [2.45, 2.75) is 39.4 Å². The lowest BCUT2D eigenvalue weighted by Crippen LogP contribution is -2.32. The fourth-order valence-corrected chi connectivity index (χ4v) is 5.36. The summed E-state index contributed by atoms with van der Waals surface area (Å²) in [5.74, 6) is 0.665. The summed E-state index contributed by atoms with van der Waals surface area (Å²) in [5, 5.41) is 5.02. The number of amides is 1. The predicted octanol–water partition coefficient (Wildman–Crippen LogP) is 3.02. The number of carbonyl (C=O) groups excluding carboxylic acids is 1. The van der Waals surface area contributed by atoms with Crippen LogP contribution in [0.25, 0.3) is 4.96 Å². The molecule has 0 spiro atoms. The lowest BCUT2D eigenvalue weighted by atomic mass is 10.1. The SMILES string of the molecule is COc1cc(=O)n2c(c1C(=O)N[C@@H](C)c1ccco1)CCN(Cc1c(C)nc3sccn13)CC2. The molecule has 0 bridgehead atoms. The molecule has 0 unspecified atom stereocenters. The molecule has 1 aliphatic rings. The Balaban J connectivity index is 1.42. The number of nitrogens with one attached hydrogen (secondary N) is 1. The topological polar surface area (TPSA) is 94.0 Å². The number of pyridine rings is 1. The highest BCUT2D eigenvalue weighted by atomic mass is 32.1. The van der Waals surface area contributed by atoms with Gasteiger partial charge in [0, 0.05) is 55.9 Å². The zero-order valence-electron chi connectivity index (χ0n) is 19.4. The number of methoxy groups -OCH3 is 1. The minimum atomic E-state index is -0.320. The van der Waals surface area contributed by atoms with Gasteiger partial charge in [0.15, 0.2) is 4.96 Å². The Kier molecular flexibility index (Phi) is 6.01. The maximum Gasteiger partial charge on any atom is 0.257 e. The molecule has 9 nitrogen and oxygen atoms in total. The summed E-state index contributed by atoms with van der Waals surface area (Å²) in [6.07, 6.45) is 4.17. The maximum atomic E-state index is 13.4. The number of furan rings is 1. The first-order valence-corrected chi connectivity index (χ1v) is 12.1. The minimum Gasteiger partial charge on any atom is -0.496 e. The van der Waals surface area contributed by atoms with Gasteiger partial charge in [-0.3, -0.25) is 18.9 Å². The molecule has 0 radical (unpaired) electrons. The van der Waals surface area contributed by atoms with Crippen LogP contribution in [0.4, 0.5) is 0 Å².